The molecule has 29 heavy (non-hydrogen) atoms. The molecule has 0 saturated heterocycles. The maximum atomic E-state index is 13.0. The predicted octanol–water partition coefficient (Wildman–Crippen LogP) is 1.05. The number of nitrogens with one attached hydrogen (secondary N) is 2. The number of aromatic nitrogens is 1. The van der Waals surface area contributed by atoms with Crippen LogP contribution in [0.15, 0.2) is 41.6 Å². The molecule has 2 N–H and O–H groups in total. The number of anilines is 1. The summed E-state index contributed by atoms with van der Waals surface area (Å²) in [6, 6.07) is 6.48. The molecule has 1 aliphatic rings. The van der Waals surface area contributed by atoms with Crippen molar-refractivity contribution in [1.29, 1.82) is 0 Å². The summed E-state index contributed by atoms with van der Waals surface area (Å²) in [5.41, 5.74) is 1.66. The molecule has 2 aromatic rings. The number of fused-ring (bicyclic) bond motifs is 1. The lowest BCUT2D eigenvalue weighted by Gasteiger charge is -2.25. The molecule has 154 valence electrons. The lowest BCUT2D eigenvalue weighted by molar-refractivity contribution is -0.123. The Balaban J connectivity index is 1.73. The topological polar surface area (TPSA) is 118 Å². The summed E-state index contributed by atoms with van der Waals surface area (Å²) in [7, 11) is -2.61. The maximum absolute atomic E-state index is 13.0. The monoisotopic (exact) mass is 418 g/mol. The Hall–Kier alpha value is -2.98. The second kappa shape index (κ2) is 8.18. The van der Waals surface area contributed by atoms with Gasteiger partial charge < -0.3 is 15.4 Å². The van der Waals surface area contributed by atoms with E-state index in [2.05, 4.69) is 15.6 Å². The molecule has 0 radical (unpaired) electrons. The minimum Gasteiger partial charge on any atom is -0.479 e. The third-order valence-corrected chi connectivity index (χ3v) is 6.42. The van der Waals surface area contributed by atoms with E-state index < -0.39 is 22.0 Å². The fraction of sp³-hybridized carbons (Fsp3) is 0.316. The molecule has 0 fully saturated rings. The summed E-state index contributed by atoms with van der Waals surface area (Å²) in [5, 5.41) is 5.35. The van der Waals surface area contributed by atoms with E-state index in [-0.39, 0.29) is 29.6 Å². The van der Waals surface area contributed by atoms with Crippen molar-refractivity contribution in [3.63, 3.8) is 0 Å². The SMILES string of the molecule is Cc1cc2c(cc1S(=O)(=O)N(C)CC(=O)NCc1cccnc1)OC(C)C(=O)N2. The van der Waals surface area contributed by atoms with Crippen molar-refractivity contribution in [3.8, 4) is 5.75 Å². The van der Waals surface area contributed by atoms with Gasteiger partial charge in [-0.3, -0.25) is 14.6 Å². The van der Waals surface area contributed by atoms with Gasteiger partial charge in [0.25, 0.3) is 5.91 Å². The van der Waals surface area contributed by atoms with Gasteiger partial charge in [0.1, 0.15) is 5.75 Å². The Morgan fingerprint density at radius 3 is 2.83 bits per heavy atom. The maximum Gasteiger partial charge on any atom is 0.265 e. The molecule has 2 amide bonds. The summed E-state index contributed by atoms with van der Waals surface area (Å²) in [4.78, 5) is 27.9. The highest BCUT2D eigenvalue weighted by Crippen LogP contribution is 2.35. The summed E-state index contributed by atoms with van der Waals surface area (Å²) < 4.78 is 32.5. The van der Waals surface area contributed by atoms with Crippen LogP contribution in [0, 0.1) is 6.92 Å². The van der Waals surface area contributed by atoms with Gasteiger partial charge in [-0.1, -0.05) is 6.07 Å². The van der Waals surface area contributed by atoms with Crippen LogP contribution in [0.2, 0.25) is 0 Å². The van der Waals surface area contributed by atoms with E-state index in [4.69, 9.17) is 4.74 Å². The number of pyridine rings is 1. The lowest BCUT2D eigenvalue weighted by Crippen LogP contribution is -2.38. The zero-order valence-electron chi connectivity index (χ0n) is 16.3. The van der Waals surface area contributed by atoms with Gasteiger partial charge in [0.15, 0.2) is 6.10 Å². The van der Waals surface area contributed by atoms with Gasteiger partial charge in [0.05, 0.1) is 17.1 Å². The molecular weight excluding hydrogens is 396 g/mol. The Morgan fingerprint density at radius 2 is 2.14 bits per heavy atom. The molecule has 0 spiro atoms. The van der Waals surface area contributed by atoms with Gasteiger partial charge in [-0.2, -0.15) is 4.31 Å². The van der Waals surface area contributed by atoms with Crippen LogP contribution in [-0.4, -0.2) is 49.2 Å². The normalized spacial score (nSPS) is 16.0. The molecule has 0 saturated carbocycles. The van der Waals surface area contributed by atoms with Gasteiger partial charge in [-0.05, 0) is 37.1 Å². The molecule has 10 heteroatoms. The van der Waals surface area contributed by atoms with Crippen molar-refractivity contribution in [3.05, 3.63) is 47.8 Å². The van der Waals surface area contributed by atoms with Crippen molar-refractivity contribution in [2.24, 2.45) is 0 Å². The fourth-order valence-electron chi connectivity index (χ4n) is 2.84. The number of hydrogen-bond donors (Lipinski definition) is 2. The summed E-state index contributed by atoms with van der Waals surface area (Å²) in [6.45, 7) is 3.11. The van der Waals surface area contributed by atoms with Gasteiger partial charge in [-0.15, -0.1) is 0 Å². The first kappa shape index (κ1) is 20.7. The zero-order chi connectivity index (χ0) is 21.2. The Morgan fingerprint density at radius 1 is 1.38 bits per heavy atom. The molecule has 2 heterocycles. The minimum atomic E-state index is -3.94. The van der Waals surface area contributed by atoms with Gasteiger partial charge in [0, 0.05) is 32.1 Å². The fourth-order valence-corrected chi connectivity index (χ4v) is 4.18. The molecule has 1 unspecified atom stereocenters. The van der Waals surface area contributed by atoms with Crippen LogP contribution in [0.1, 0.15) is 18.1 Å². The van der Waals surface area contributed by atoms with E-state index in [1.54, 1.807) is 38.4 Å². The highest BCUT2D eigenvalue weighted by molar-refractivity contribution is 7.89. The predicted molar refractivity (Wildman–Crippen MR) is 106 cm³/mol. The summed E-state index contributed by atoms with van der Waals surface area (Å²) >= 11 is 0. The Labute approximate surface area is 169 Å². The van der Waals surface area contributed by atoms with Crippen LogP contribution in [0.25, 0.3) is 0 Å². The standard InChI is InChI=1S/C19H22N4O5S/c1-12-7-15-16(28-13(2)19(25)22-15)8-17(12)29(26,27)23(3)11-18(24)21-10-14-5-4-6-20-9-14/h4-9,13H,10-11H2,1-3H3,(H,21,24)(H,22,25). The van der Waals surface area contributed by atoms with Crippen LogP contribution in [-0.2, 0) is 26.2 Å². The highest BCUT2D eigenvalue weighted by atomic mass is 32.2. The second-order valence-electron chi connectivity index (χ2n) is 6.76. The van der Waals surface area contributed by atoms with E-state index in [1.807, 2.05) is 6.07 Å². The third-order valence-electron chi connectivity index (χ3n) is 4.47. The van der Waals surface area contributed by atoms with Crippen LogP contribution in [0.5, 0.6) is 5.75 Å². The van der Waals surface area contributed by atoms with Crippen LogP contribution in [0.3, 0.4) is 0 Å². The van der Waals surface area contributed by atoms with E-state index in [1.165, 1.54) is 13.1 Å². The van der Waals surface area contributed by atoms with Crippen LogP contribution < -0.4 is 15.4 Å². The summed E-state index contributed by atoms with van der Waals surface area (Å²) in [5.74, 6) is -0.460. The Kier molecular flexibility index (Phi) is 5.85. The molecule has 1 aromatic heterocycles. The molecule has 1 atom stereocenters. The molecule has 9 nitrogen and oxygen atoms in total. The minimum absolute atomic E-state index is 0.0159. The molecule has 0 bridgehead atoms. The number of rotatable bonds is 6. The quantitative estimate of drug-likeness (QED) is 0.724. The Bertz CT molecular complexity index is 1040. The first-order chi connectivity index (χ1) is 13.7. The molecule has 0 aliphatic carbocycles. The number of carbonyl (C=O) groups is 2. The number of benzene rings is 1. The smallest absolute Gasteiger partial charge is 0.265 e. The molecule has 3 rings (SSSR count). The second-order valence-corrected chi connectivity index (χ2v) is 8.78. The van der Waals surface area contributed by atoms with Crippen LogP contribution >= 0.6 is 0 Å². The lowest BCUT2D eigenvalue weighted by atomic mass is 10.1. The van der Waals surface area contributed by atoms with Crippen LogP contribution in [0.4, 0.5) is 5.69 Å². The van der Waals surface area contributed by atoms with E-state index in [0.717, 1.165) is 9.87 Å². The largest absolute Gasteiger partial charge is 0.479 e. The van der Waals surface area contributed by atoms with Crippen molar-refractivity contribution >= 4 is 27.5 Å². The molecule has 1 aromatic carbocycles. The molecular formula is C19H22N4O5S. The molecule has 1 aliphatic heterocycles. The number of likely N-dealkylation sites (N-methyl/N-ethyl adjacent to an activating group) is 1. The average molecular weight is 418 g/mol. The van der Waals surface area contributed by atoms with E-state index >= 15 is 0 Å². The zero-order valence-corrected chi connectivity index (χ0v) is 17.1. The van der Waals surface area contributed by atoms with Crippen molar-refractivity contribution in [2.75, 3.05) is 18.9 Å². The van der Waals surface area contributed by atoms with E-state index in [0.29, 0.717) is 11.3 Å². The van der Waals surface area contributed by atoms with Gasteiger partial charge in [-0.25, -0.2) is 8.42 Å². The highest BCUT2D eigenvalue weighted by Gasteiger charge is 2.30. The number of amides is 2. The number of ether oxygens (including phenoxy) is 1. The van der Waals surface area contributed by atoms with E-state index in [9.17, 15) is 18.0 Å². The average Bonchev–Trinajstić information content (AvgIpc) is 2.68. The number of nitrogens with zero attached hydrogens (tertiary/aromatic N) is 2. The van der Waals surface area contributed by atoms with Crippen molar-refractivity contribution in [2.45, 2.75) is 31.4 Å². The first-order valence-corrected chi connectivity index (χ1v) is 10.4. The van der Waals surface area contributed by atoms with Gasteiger partial charge in [0.2, 0.25) is 15.9 Å². The number of carbonyl (C=O) groups excluding carboxylic acids is 2. The number of sulfonamides is 1. The van der Waals surface area contributed by atoms with Gasteiger partial charge >= 0.3 is 0 Å². The van der Waals surface area contributed by atoms with Crippen molar-refractivity contribution < 1.29 is 22.7 Å². The number of aryl methyl sites for hydroxylation is 1. The van der Waals surface area contributed by atoms with Crippen molar-refractivity contribution in [1.82, 2.24) is 14.6 Å². The first-order valence-electron chi connectivity index (χ1n) is 8.92. The number of hydrogen-bond acceptors (Lipinski definition) is 6. The summed E-state index contributed by atoms with van der Waals surface area (Å²) in [6.07, 6.45) is 2.52. The third kappa shape index (κ3) is 4.54.